The van der Waals surface area contributed by atoms with Gasteiger partial charge in [-0.25, -0.2) is 0 Å². The van der Waals surface area contributed by atoms with Gasteiger partial charge >= 0.3 is 5.97 Å². The molecule has 0 saturated carbocycles. The Hall–Kier alpha value is -3.35. The average Bonchev–Trinajstić information content (AvgIpc) is 3.58. The molecule has 3 rings (SSSR count). The van der Waals surface area contributed by atoms with Crippen LogP contribution in [-0.2, 0) is 33.6 Å². The first-order valence-electron chi connectivity index (χ1n) is 14.4. The lowest BCUT2D eigenvalue weighted by Crippen LogP contribution is -2.59. The first-order valence-corrected chi connectivity index (χ1v) is 14.4. The number of carbonyl (C=O) groups is 7. The Bertz CT molecular complexity index is 1070. The number of carbonyl (C=O) groups excluding carboxylic acids is 6. The van der Waals surface area contributed by atoms with Crippen LogP contribution >= 0.6 is 0 Å². The van der Waals surface area contributed by atoms with E-state index in [4.69, 9.17) is 0 Å². The van der Waals surface area contributed by atoms with Crippen LogP contribution in [0.25, 0.3) is 0 Å². The van der Waals surface area contributed by atoms with Gasteiger partial charge in [-0.15, -0.1) is 0 Å². The molecule has 3 aliphatic rings. The highest BCUT2D eigenvalue weighted by Crippen LogP contribution is 2.27. The van der Waals surface area contributed by atoms with E-state index < -0.39 is 90.3 Å². The molecule has 4 N–H and O–H groups in total. The quantitative estimate of drug-likeness (QED) is 0.345. The van der Waals surface area contributed by atoms with Crippen LogP contribution in [0.5, 0.6) is 0 Å². The Kier molecular flexibility index (Phi) is 10.6. The summed E-state index contributed by atoms with van der Waals surface area (Å²) in [4.78, 5) is 94.4. The molecule has 0 spiro atoms. The maximum Gasteiger partial charge on any atom is 0.304 e. The van der Waals surface area contributed by atoms with Crippen LogP contribution in [0.4, 0.5) is 0 Å². The fraction of sp³-hybridized carbons (Fsp3) is 0.750. The number of carboxylic acid groups (broad SMARTS) is 1. The maximum absolute atomic E-state index is 13.7. The number of nitrogens with one attached hydrogen (secondary N) is 2. The number of amides is 4. The molecule has 0 unspecified atom stereocenters. The fourth-order valence-electron chi connectivity index (χ4n) is 5.94. The van der Waals surface area contributed by atoms with Gasteiger partial charge in [0.2, 0.25) is 23.6 Å². The number of Topliss-reactive ketones (excluding diaryl/α,β-unsaturated/α-hetero) is 2. The third-order valence-electron chi connectivity index (χ3n) is 8.31. The zero-order chi connectivity index (χ0) is 30.6. The van der Waals surface area contributed by atoms with E-state index in [2.05, 4.69) is 10.6 Å². The van der Waals surface area contributed by atoms with Crippen molar-refractivity contribution in [3.8, 4) is 0 Å². The summed E-state index contributed by atoms with van der Waals surface area (Å²) >= 11 is 0. The van der Waals surface area contributed by atoms with E-state index in [1.807, 2.05) is 0 Å². The van der Waals surface area contributed by atoms with E-state index in [1.54, 1.807) is 13.8 Å². The molecule has 0 bridgehead atoms. The second kappa shape index (κ2) is 13.5. The Morgan fingerprint density at radius 2 is 1.39 bits per heavy atom. The van der Waals surface area contributed by atoms with Crippen molar-refractivity contribution in [1.29, 1.82) is 0 Å². The summed E-state index contributed by atoms with van der Waals surface area (Å²) in [6, 6.07) is -4.13. The lowest BCUT2D eigenvalue weighted by Gasteiger charge is -2.34. The Labute approximate surface area is 239 Å². The van der Waals surface area contributed by atoms with Crippen molar-refractivity contribution >= 4 is 41.2 Å². The molecule has 3 aliphatic heterocycles. The molecule has 13 nitrogen and oxygen atoms in total. The summed E-state index contributed by atoms with van der Waals surface area (Å²) in [6.45, 7) is 6.80. The summed E-state index contributed by atoms with van der Waals surface area (Å²) in [5.41, 5.74) is 0. The molecule has 3 saturated heterocycles. The van der Waals surface area contributed by atoms with Gasteiger partial charge in [-0.1, -0.05) is 20.8 Å². The van der Waals surface area contributed by atoms with Crippen LogP contribution in [0.2, 0.25) is 0 Å². The highest BCUT2D eigenvalue weighted by atomic mass is 16.4. The highest BCUT2D eigenvalue weighted by Gasteiger charge is 2.45. The number of aliphatic carboxylic acids is 1. The van der Waals surface area contributed by atoms with E-state index in [-0.39, 0.29) is 24.7 Å². The molecule has 0 aliphatic carbocycles. The molecule has 0 aromatic rings. The first kappa shape index (κ1) is 32.2. The van der Waals surface area contributed by atoms with Crippen LogP contribution in [0, 0.1) is 17.8 Å². The third-order valence-corrected chi connectivity index (χ3v) is 8.31. The fourth-order valence-corrected chi connectivity index (χ4v) is 5.94. The number of hydrogen-bond donors (Lipinski definition) is 4. The van der Waals surface area contributed by atoms with Crippen LogP contribution in [0.1, 0.15) is 72.6 Å². The highest BCUT2D eigenvalue weighted by molar-refractivity contribution is 5.99. The second-order valence-electron chi connectivity index (χ2n) is 11.9. The van der Waals surface area contributed by atoms with E-state index >= 15 is 0 Å². The van der Waals surface area contributed by atoms with Gasteiger partial charge in [-0.05, 0) is 38.5 Å². The number of fused-ring (bicyclic) bond motifs is 2. The molecule has 3 fully saturated rings. The SMILES string of the molecule is CC(C)[C@@H]1NC(=O)[C@@H]2CCCN2C(=O)[C@@H]2CCCN2C(=O)[C@H]([C@@H](C)O)NC(=O)[C@H](CC(=O)O)CC(=O)[C@H](C)CC1=O. The van der Waals surface area contributed by atoms with Gasteiger partial charge in [0.1, 0.15) is 23.9 Å². The van der Waals surface area contributed by atoms with Crippen molar-refractivity contribution in [3.63, 3.8) is 0 Å². The van der Waals surface area contributed by atoms with E-state index in [0.29, 0.717) is 32.2 Å². The Morgan fingerprint density at radius 3 is 1.95 bits per heavy atom. The number of hydrogen-bond acceptors (Lipinski definition) is 8. The monoisotopic (exact) mass is 578 g/mol. The van der Waals surface area contributed by atoms with E-state index in [0.717, 1.165) is 0 Å². The van der Waals surface area contributed by atoms with E-state index in [9.17, 15) is 43.8 Å². The molecular weight excluding hydrogens is 536 g/mol. The van der Waals surface area contributed by atoms with Gasteiger partial charge in [0.15, 0.2) is 5.78 Å². The largest absolute Gasteiger partial charge is 0.481 e. The molecule has 13 heteroatoms. The predicted molar refractivity (Wildman–Crippen MR) is 144 cm³/mol. The lowest BCUT2D eigenvalue weighted by atomic mass is 9.87. The summed E-state index contributed by atoms with van der Waals surface area (Å²) in [6.07, 6.45) is -1.04. The van der Waals surface area contributed by atoms with Crippen molar-refractivity contribution in [2.45, 2.75) is 103 Å². The number of ketones is 2. The topological polar surface area (TPSA) is 190 Å². The summed E-state index contributed by atoms with van der Waals surface area (Å²) in [5.74, 6) is -7.25. The second-order valence-corrected chi connectivity index (χ2v) is 11.9. The number of carboxylic acids is 1. The van der Waals surface area contributed by atoms with Crippen molar-refractivity contribution < 1.29 is 43.8 Å². The molecule has 0 aromatic heterocycles. The minimum absolute atomic E-state index is 0.192. The van der Waals surface area contributed by atoms with Gasteiger partial charge < -0.3 is 30.6 Å². The zero-order valence-electron chi connectivity index (χ0n) is 24.1. The number of aliphatic hydroxyl groups excluding tert-OH is 1. The standard InChI is InChI=1S/C28H42N4O9/c1-14(2)23-21(35)11-15(3)20(34)12-17(13-22(36)37)25(38)30-24(16(4)33)28(41)32-10-6-8-19(32)27(40)31-9-5-7-18(31)26(39)29-23/h14-19,23-24,33H,5-13H2,1-4H3,(H,29,39)(H,30,38)(H,36,37)/t15-,16-,17+,18+,19+,23+,24+/m1/s1. The van der Waals surface area contributed by atoms with E-state index in [1.165, 1.54) is 23.6 Å². The normalized spacial score (nSPS) is 31.8. The molecule has 0 aromatic carbocycles. The van der Waals surface area contributed by atoms with Crippen LogP contribution in [0.3, 0.4) is 0 Å². The van der Waals surface area contributed by atoms with Gasteiger partial charge in [-0.3, -0.25) is 33.6 Å². The first-order chi connectivity index (χ1) is 19.2. The summed E-state index contributed by atoms with van der Waals surface area (Å²) in [7, 11) is 0. The maximum atomic E-state index is 13.7. The van der Waals surface area contributed by atoms with Crippen molar-refractivity contribution in [2.24, 2.45) is 17.8 Å². The molecule has 3 heterocycles. The van der Waals surface area contributed by atoms with Crippen LogP contribution in [-0.4, -0.2) is 105 Å². The Balaban J connectivity index is 2.01. The lowest BCUT2D eigenvalue weighted by molar-refractivity contribution is -0.150. The van der Waals surface area contributed by atoms with Gasteiger partial charge in [-0.2, -0.15) is 0 Å². The molecule has 4 amide bonds. The Morgan fingerprint density at radius 1 is 0.829 bits per heavy atom. The van der Waals surface area contributed by atoms with Crippen molar-refractivity contribution in [3.05, 3.63) is 0 Å². The van der Waals surface area contributed by atoms with Gasteiger partial charge in [0, 0.05) is 31.8 Å². The van der Waals surface area contributed by atoms with Crippen LogP contribution < -0.4 is 10.6 Å². The van der Waals surface area contributed by atoms with Crippen molar-refractivity contribution in [1.82, 2.24) is 20.4 Å². The molecule has 0 radical (unpaired) electrons. The smallest absolute Gasteiger partial charge is 0.304 e. The number of nitrogens with zero attached hydrogens (tertiary/aromatic N) is 2. The third kappa shape index (κ3) is 7.49. The summed E-state index contributed by atoms with van der Waals surface area (Å²) in [5, 5.41) is 25.0. The number of aliphatic hydroxyl groups is 1. The molecule has 7 atom stereocenters. The van der Waals surface area contributed by atoms with Gasteiger partial charge in [0.25, 0.3) is 0 Å². The van der Waals surface area contributed by atoms with Crippen molar-refractivity contribution in [2.75, 3.05) is 13.1 Å². The average molecular weight is 579 g/mol. The molecule has 228 valence electrons. The summed E-state index contributed by atoms with van der Waals surface area (Å²) < 4.78 is 0. The molecule has 41 heavy (non-hydrogen) atoms. The minimum Gasteiger partial charge on any atom is -0.481 e. The van der Waals surface area contributed by atoms with Crippen LogP contribution in [0.15, 0.2) is 0 Å². The molecular formula is C28H42N4O9. The predicted octanol–water partition coefficient (Wildman–Crippen LogP) is -0.366. The van der Waals surface area contributed by atoms with Gasteiger partial charge in [0.05, 0.1) is 24.5 Å². The minimum atomic E-state index is -1.48. The zero-order valence-corrected chi connectivity index (χ0v) is 24.1. The number of rotatable bonds is 4.